The van der Waals surface area contributed by atoms with Crippen molar-refractivity contribution >= 4 is 63.7 Å². The Balaban J connectivity index is 3.59. The van der Waals surface area contributed by atoms with Crippen LogP contribution in [0, 0.1) is 0 Å². The number of aliphatic hydroxyl groups is 2. The SMILES string of the molecule is OCC(O)COCC(Br)C(Br)CCCC(Br)CBr. The van der Waals surface area contributed by atoms with Gasteiger partial charge in [-0.15, -0.1) is 0 Å². The third-order valence-electron chi connectivity index (χ3n) is 2.36. The van der Waals surface area contributed by atoms with Gasteiger partial charge in [-0.2, -0.15) is 0 Å². The Kier molecular flexibility index (Phi) is 13.8. The molecule has 2 N–H and O–H groups in total. The molecule has 0 aromatic heterocycles. The molecule has 0 saturated heterocycles. The molecule has 7 heteroatoms. The van der Waals surface area contributed by atoms with Crippen molar-refractivity contribution in [2.45, 2.75) is 39.8 Å². The molecule has 0 fully saturated rings. The second-order valence-corrected chi connectivity index (χ2v) is 8.38. The van der Waals surface area contributed by atoms with E-state index in [2.05, 4.69) is 63.7 Å². The lowest BCUT2D eigenvalue weighted by Crippen LogP contribution is -2.25. The molecular formula is C11H20Br4O3. The molecule has 0 bridgehead atoms. The Morgan fingerprint density at radius 1 is 1.00 bits per heavy atom. The molecule has 0 aromatic rings. The quantitative estimate of drug-likeness (QED) is 0.412. The Bertz CT molecular complexity index is 177. The predicted molar refractivity (Wildman–Crippen MR) is 89.7 cm³/mol. The number of hydrogen-bond acceptors (Lipinski definition) is 3. The Morgan fingerprint density at radius 3 is 2.22 bits per heavy atom. The highest BCUT2D eigenvalue weighted by atomic mass is 79.9. The molecular weight excluding hydrogens is 500 g/mol. The summed E-state index contributed by atoms with van der Waals surface area (Å²) in [5, 5.41) is 18.7. The van der Waals surface area contributed by atoms with E-state index < -0.39 is 6.10 Å². The summed E-state index contributed by atoms with van der Waals surface area (Å²) < 4.78 is 5.31. The number of ether oxygens (including phenoxy) is 1. The molecule has 0 aliphatic rings. The van der Waals surface area contributed by atoms with E-state index in [1.807, 2.05) is 0 Å². The molecule has 0 amide bonds. The van der Waals surface area contributed by atoms with E-state index in [4.69, 9.17) is 14.9 Å². The standard InChI is InChI=1S/C11H20Br4O3/c12-4-8(13)2-1-3-10(14)11(15)7-18-6-9(17)5-16/h8-11,16-17H,1-7H2. The van der Waals surface area contributed by atoms with Crippen molar-refractivity contribution in [3.63, 3.8) is 0 Å². The van der Waals surface area contributed by atoms with Gasteiger partial charge < -0.3 is 14.9 Å². The molecule has 4 unspecified atom stereocenters. The van der Waals surface area contributed by atoms with Crippen molar-refractivity contribution in [1.82, 2.24) is 0 Å². The average molecular weight is 520 g/mol. The third kappa shape index (κ3) is 10.6. The molecule has 0 aromatic carbocycles. The minimum absolute atomic E-state index is 0.172. The van der Waals surface area contributed by atoms with E-state index in [1.165, 1.54) is 0 Å². The lowest BCUT2D eigenvalue weighted by Gasteiger charge is -2.18. The summed E-state index contributed by atoms with van der Waals surface area (Å²) in [5.41, 5.74) is 0. The van der Waals surface area contributed by atoms with Gasteiger partial charge in [-0.3, -0.25) is 0 Å². The monoisotopic (exact) mass is 516 g/mol. The molecule has 0 spiro atoms. The van der Waals surface area contributed by atoms with Crippen LogP contribution in [0.3, 0.4) is 0 Å². The summed E-state index contributed by atoms with van der Waals surface area (Å²) in [6.07, 6.45) is 2.55. The first-order valence-corrected chi connectivity index (χ1v) is 9.73. The van der Waals surface area contributed by atoms with E-state index >= 15 is 0 Å². The van der Waals surface area contributed by atoms with Crippen LogP contribution in [0.2, 0.25) is 0 Å². The Morgan fingerprint density at radius 2 is 1.67 bits per heavy atom. The van der Waals surface area contributed by atoms with E-state index in [1.54, 1.807) is 0 Å². The highest BCUT2D eigenvalue weighted by Gasteiger charge is 2.17. The maximum absolute atomic E-state index is 9.13. The first-order valence-electron chi connectivity index (χ1n) is 5.86. The Labute approximate surface area is 143 Å². The van der Waals surface area contributed by atoms with Gasteiger partial charge in [0, 0.05) is 15.0 Å². The van der Waals surface area contributed by atoms with Gasteiger partial charge in [-0.1, -0.05) is 70.1 Å². The summed E-state index contributed by atoms with van der Waals surface area (Å²) in [5.74, 6) is 0. The van der Waals surface area contributed by atoms with Gasteiger partial charge in [0.2, 0.25) is 0 Å². The minimum atomic E-state index is -0.786. The van der Waals surface area contributed by atoms with Crippen LogP contribution in [0.4, 0.5) is 0 Å². The van der Waals surface area contributed by atoms with Crippen LogP contribution in [0.1, 0.15) is 19.3 Å². The van der Waals surface area contributed by atoms with E-state index in [-0.39, 0.29) is 18.0 Å². The summed E-state index contributed by atoms with van der Waals surface area (Å²) >= 11 is 14.2. The van der Waals surface area contributed by atoms with Gasteiger partial charge in [0.15, 0.2) is 0 Å². The van der Waals surface area contributed by atoms with Crippen molar-refractivity contribution in [2.75, 3.05) is 25.2 Å². The normalized spacial score (nSPS) is 18.3. The van der Waals surface area contributed by atoms with Crippen LogP contribution >= 0.6 is 63.7 Å². The van der Waals surface area contributed by atoms with Gasteiger partial charge in [0.25, 0.3) is 0 Å². The highest BCUT2D eigenvalue weighted by molar-refractivity contribution is 9.12. The molecule has 0 rings (SSSR count). The largest absolute Gasteiger partial charge is 0.394 e. The van der Waals surface area contributed by atoms with Crippen molar-refractivity contribution in [3.05, 3.63) is 0 Å². The maximum Gasteiger partial charge on any atom is 0.100 e. The third-order valence-corrected chi connectivity index (χ3v) is 7.50. The van der Waals surface area contributed by atoms with Gasteiger partial charge in [-0.05, 0) is 12.8 Å². The molecule has 0 aliphatic heterocycles. The smallest absolute Gasteiger partial charge is 0.100 e. The highest BCUT2D eigenvalue weighted by Crippen LogP contribution is 2.22. The lowest BCUT2D eigenvalue weighted by molar-refractivity contribution is 0.00704. The number of hydrogen-bond donors (Lipinski definition) is 2. The van der Waals surface area contributed by atoms with Crippen LogP contribution < -0.4 is 0 Å². The van der Waals surface area contributed by atoms with E-state index in [0.717, 1.165) is 24.6 Å². The summed E-state index contributed by atoms with van der Waals surface area (Å²) in [4.78, 5) is 1.09. The molecule has 0 radical (unpaired) electrons. The molecule has 3 nitrogen and oxygen atoms in total. The fourth-order valence-corrected chi connectivity index (χ4v) is 2.84. The van der Waals surface area contributed by atoms with Crippen molar-refractivity contribution in [1.29, 1.82) is 0 Å². The predicted octanol–water partition coefficient (Wildman–Crippen LogP) is 3.21. The minimum Gasteiger partial charge on any atom is -0.394 e. The first-order chi connectivity index (χ1) is 8.51. The fraction of sp³-hybridized carbons (Fsp3) is 1.00. The van der Waals surface area contributed by atoms with Crippen LogP contribution in [0.25, 0.3) is 0 Å². The number of rotatable bonds is 11. The average Bonchev–Trinajstić information content (AvgIpc) is 2.37. The van der Waals surface area contributed by atoms with Crippen LogP contribution in [-0.4, -0.2) is 55.9 Å². The zero-order valence-electron chi connectivity index (χ0n) is 10.1. The van der Waals surface area contributed by atoms with Crippen molar-refractivity contribution in [2.24, 2.45) is 0 Å². The molecule has 0 heterocycles. The molecule has 4 atom stereocenters. The molecule has 110 valence electrons. The van der Waals surface area contributed by atoms with Crippen LogP contribution in [0.5, 0.6) is 0 Å². The van der Waals surface area contributed by atoms with Gasteiger partial charge in [-0.25, -0.2) is 0 Å². The zero-order valence-corrected chi connectivity index (χ0v) is 16.4. The zero-order chi connectivity index (χ0) is 14.0. The summed E-state index contributed by atoms with van der Waals surface area (Å²) in [6, 6.07) is 0. The molecule has 18 heavy (non-hydrogen) atoms. The van der Waals surface area contributed by atoms with E-state index in [9.17, 15) is 0 Å². The van der Waals surface area contributed by atoms with Gasteiger partial charge in [0.1, 0.15) is 6.10 Å². The number of halogens is 4. The van der Waals surface area contributed by atoms with Crippen LogP contribution in [-0.2, 0) is 4.74 Å². The second-order valence-electron chi connectivity index (χ2n) is 4.09. The Hall–Kier alpha value is 1.80. The second kappa shape index (κ2) is 12.5. The lowest BCUT2D eigenvalue weighted by atomic mass is 10.1. The van der Waals surface area contributed by atoms with E-state index in [0.29, 0.717) is 16.3 Å². The topological polar surface area (TPSA) is 49.7 Å². The maximum atomic E-state index is 9.13. The van der Waals surface area contributed by atoms with Crippen molar-refractivity contribution < 1.29 is 14.9 Å². The number of alkyl halides is 4. The van der Waals surface area contributed by atoms with Gasteiger partial charge >= 0.3 is 0 Å². The summed E-state index contributed by atoms with van der Waals surface area (Å²) in [6.45, 7) is 0.429. The number of aliphatic hydroxyl groups excluding tert-OH is 2. The first kappa shape index (κ1) is 19.8. The van der Waals surface area contributed by atoms with Crippen molar-refractivity contribution in [3.8, 4) is 0 Å². The van der Waals surface area contributed by atoms with Crippen LogP contribution in [0.15, 0.2) is 0 Å². The fourth-order valence-electron chi connectivity index (χ4n) is 1.27. The van der Waals surface area contributed by atoms with Gasteiger partial charge in [0.05, 0.1) is 24.6 Å². The molecule has 0 saturated carbocycles. The molecule has 0 aliphatic carbocycles. The summed E-state index contributed by atoms with van der Waals surface area (Å²) in [7, 11) is 0.